The highest BCUT2D eigenvalue weighted by molar-refractivity contribution is 5.91. The monoisotopic (exact) mass is 370 g/mol. The summed E-state index contributed by atoms with van der Waals surface area (Å²) >= 11 is 0. The van der Waals surface area contributed by atoms with E-state index < -0.39 is 0 Å². The Labute approximate surface area is 172 Å². The molecule has 0 radical (unpaired) electrons. The number of fused-ring (bicyclic) bond motifs is 9. The lowest BCUT2D eigenvalue weighted by atomic mass is 9.66. The van der Waals surface area contributed by atoms with E-state index in [-0.39, 0.29) is 5.41 Å². The first kappa shape index (κ1) is 16.6. The molecule has 0 nitrogen and oxygen atoms in total. The number of rotatable bonds is 1. The predicted octanol–water partition coefficient (Wildman–Crippen LogP) is 7.10. The van der Waals surface area contributed by atoms with Gasteiger partial charge in [0, 0.05) is 0 Å². The predicted molar refractivity (Wildman–Crippen MR) is 122 cm³/mol. The van der Waals surface area contributed by atoms with Crippen LogP contribution in [0.1, 0.15) is 45.9 Å². The van der Waals surface area contributed by atoms with Crippen LogP contribution in [0.5, 0.6) is 0 Å². The van der Waals surface area contributed by atoms with Crippen LogP contribution in [0.3, 0.4) is 0 Å². The minimum atomic E-state index is -0.284. The highest BCUT2D eigenvalue weighted by Gasteiger charge is 2.48. The molecule has 29 heavy (non-hydrogen) atoms. The van der Waals surface area contributed by atoms with Gasteiger partial charge in [-0.25, -0.2) is 0 Å². The largest absolute Gasteiger partial charge is 0.0725 e. The second kappa shape index (κ2) is 6.06. The minimum absolute atomic E-state index is 0.284. The van der Waals surface area contributed by atoms with Crippen molar-refractivity contribution < 1.29 is 0 Å². The van der Waals surface area contributed by atoms with Crippen LogP contribution < -0.4 is 0 Å². The summed E-state index contributed by atoms with van der Waals surface area (Å²) in [4.78, 5) is 0. The van der Waals surface area contributed by atoms with Gasteiger partial charge >= 0.3 is 0 Å². The number of benzene rings is 4. The maximum atomic E-state index is 2.45. The molecule has 1 spiro atoms. The zero-order chi connectivity index (χ0) is 19.4. The molecule has 0 heteroatoms. The first-order valence-electron chi connectivity index (χ1n) is 10.4. The van der Waals surface area contributed by atoms with Crippen molar-refractivity contribution in [3.8, 4) is 11.1 Å². The molecule has 2 aliphatic carbocycles. The van der Waals surface area contributed by atoms with Gasteiger partial charge in [-0.05, 0) is 56.5 Å². The Bertz CT molecular complexity index is 1240. The third-order valence-electron chi connectivity index (χ3n) is 6.69. The van der Waals surface area contributed by atoms with Crippen LogP contribution in [0.4, 0.5) is 0 Å². The van der Waals surface area contributed by atoms with Crippen LogP contribution in [0.25, 0.3) is 23.3 Å². The summed E-state index contributed by atoms with van der Waals surface area (Å²) in [5.41, 5.74) is 12.0. The fourth-order valence-electron chi connectivity index (χ4n) is 5.42. The molecule has 0 saturated carbocycles. The van der Waals surface area contributed by atoms with Crippen molar-refractivity contribution in [1.82, 2.24) is 0 Å². The molecule has 0 bridgehead atoms. The Morgan fingerprint density at radius 2 is 1.10 bits per heavy atom. The zero-order valence-corrected chi connectivity index (χ0v) is 16.5. The number of hydrogen-bond donors (Lipinski definition) is 0. The van der Waals surface area contributed by atoms with Crippen molar-refractivity contribution in [2.24, 2.45) is 0 Å². The van der Waals surface area contributed by atoms with Crippen molar-refractivity contribution in [3.63, 3.8) is 0 Å². The highest BCUT2D eigenvalue weighted by Crippen LogP contribution is 2.58. The minimum Gasteiger partial charge on any atom is -0.0619 e. The van der Waals surface area contributed by atoms with E-state index in [1.54, 1.807) is 0 Å². The van der Waals surface area contributed by atoms with Crippen LogP contribution in [0, 0.1) is 0 Å². The molecule has 0 fully saturated rings. The van der Waals surface area contributed by atoms with E-state index in [0.717, 1.165) is 6.42 Å². The maximum Gasteiger partial charge on any atom is 0.0725 e. The molecule has 0 aliphatic heterocycles. The van der Waals surface area contributed by atoms with Crippen LogP contribution in [0.15, 0.2) is 91.0 Å². The fraction of sp³-hybridized carbons (Fsp3) is 0.103. The van der Waals surface area contributed by atoms with Crippen molar-refractivity contribution >= 4 is 12.2 Å². The van der Waals surface area contributed by atoms with Crippen LogP contribution in [-0.4, -0.2) is 0 Å². The molecule has 6 rings (SSSR count). The van der Waals surface area contributed by atoms with E-state index in [0.29, 0.717) is 0 Å². The second-order valence-electron chi connectivity index (χ2n) is 8.04. The van der Waals surface area contributed by atoms with E-state index in [2.05, 4.69) is 110 Å². The van der Waals surface area contributed by atoms with Crippen molar-refractivity contribution in [1.29, 1.82) is 0 Å². The summed E-state index contributed by atoms with van der Waals surface area (Å²) in [7, 11) is 0. The van der Waals surface area contributed by atoms with Gasteiger partial charge in [-0.15, -0.1) is 0 Å². The Morgan fingerprint density at radius 3 is 1.76 bits per heavy atom. The molecule has 138 valence electrons. The van der Waals surface area contributed by atoms with Crippen LogP contribution >= 0.6 is 0 Å². The Hall–Kier alpha value is -3.38. The highest BCUT2D eigenvalue weighted by atomic mass is 14.5. The van der Waals surface area contributed by atoms with Gasteiger partial charge in [-0.3, -0.25) is 0 Å². The number of aryl methyl sites for hydroxylation is 1. The average Bonchev–Trinajstić information content (AvgIpc) is 2.98. The molecule has 4 aromatic rings. The van der Waals surface area contributed by atoms with E-state index in [4.69, 9.17) is 0 Å². The lowest BCUT2D eigenvalue weighted by Crippen LogP contribution is -2.30. The summed E-state index contributed by atoms with van der Waals surface area (Å²) in [6.07, 6.45) is 5.61. The van der Waals surface area contributed by atoms with Gasteiger partial charge in [0.05, 0.1) is 5.41 Å². The molecule has 0 heterocycles. The summed E-state index contributed by atoms with van der Waals surface area (Å²) in [5, 5.41) is 0. The molecule has 4 aromatic carbocycles. The lowest BCUT2D eigenvalue weighted by Gasteiger charge is -2.35. The van der Waals surface area contributed by atoms with Crippen molar-refractivity contribution in [2.45, 2.75) is 18.8 Å². The maximum absolute atomic E-state index is 2.45. The van der Waals surface area contributed by atoms with Gasteiger partial charge < -0.3 is 0 Å². The fourth-order valence-corrected chi connectivity index (χ4v) is 5.42. The summed E-state index contributed by atoms with van der Waals surface area (Å²) in [6.45, 7) is 2.24. The summed E-state index contributed by atoms with van der Waals surface area (Å²) < 4.78 is 0. The van der Waals surface area contributed by atoms with Gasteiger partial charge in [0.1, 0.15) is 0 Å². The molecule has 0 aromatic heterocycles. The molecular weight excluding hydrogens is 348 g/mol. The zero-order valence-electron chi connectivity index (χ0n) is 16.5. The molecule has 0 unspecified atom stereocenters. The topological polar surface area (TPSA) is 0 Å². The van der Waals surface area contributed by atoms with E-state index in [1.807, 2.05) is 0 Å². The van der Waals surface area contributed by atoms with E-state index >= 15 is 0 Å². The third kappa shape index (κ3) is 2.09. The molecule has 0 amide bonds. The van der Waals surface area contributed by atoms with Gasteiger partial charge in [0.15, 0.2) is 0 Å². The SMILES string of the molecule is CCc1ccc2c(c1)C1(c3ccccc3C=Cc3ccccc31)c1ccccc1-2. The molecular formula is C29H22. The van der Waals surface area contributed by atoms with Crippen LogP contribution in [0.2, 0.25) is 0 Å². The first-order valence-corrected chi connectivity index (χ1v) is 10.4. The quantitative estimate of drug-likeness (QED) is 0.290. The van der Waals surface area contributed by atoms with Gasteiger partial charge in [-0.1, -0.05) is 110 Å². The van der Waals surface area contributed by atoms with Gasteiger partial charge in [-0.2, -0.15) is 0 Å². The Morgan fingerprint density at radius 1 is 0.552 bits per heavy atom. The normalized spacial score (nSPS) is 14.7. The molecule has 2 aliphatic rings. The molecule has 0 atom stereocenters. The third-order valence-corrected chi connectivity index (χ3v) is 6.69. The summed E-state index contributed by atoms with van der Waals surface area (Å²) in [5.74, 6) is 0. The Kier molecular flexibility index (Phi) is 3.46. The van der Waals surface area contributed by atoms with Crippen molar-refractivity contribution in [3.05, 3.63) is 130 Å². The Balaban J connectivity index is 1.87. The van der Waals surface area contributed by atoms with E-state index in [9.17, 15) is 0 Å². The second-order valence-corrected chi connectivity index (χ2v) is 8.04. The van der Waals surface area contributed by atoms with Gasteiger partial charge in [0.2, 0.25) is 0 Å². The first-order chi connectivity index (χ1) is 14.3. The average molecular weight is 370 g/mol. The molecule has 0 saturated heterocycles. The standard InChI is InChI=1S/C29H22/c1-2-20-15-18-24-23-11-5-8-14-27(23)29(28(24)19-20)25-12-6-3-9-21(25)16-17-22-10-4-7-13-26(22)29/h3-19H,2H2,1H3. The smallest absolute Gasteiger partial charge is 0.0619 e. The van der Waals surface area contributed by atoms with Crippen molar-refractivity contribution in [2.75, 3.05) is 0 Å². The lowest BCUT2D eigenvalue weighted by molar-refractivity contribution is 0.764. The number of hydrogen-bond acceptors (Lipinski definition) is 0. The van der Waals surface area contributed by atoms with Crippen LogP contribution in [-0.2, 0) is 11.8 Å². The van der Waals surface area contributed by atoms with Gasteiger partial charge in [0.25, 0.3) is 0 Å². The summed E-state index contributed by atoms with van der Waals surface area (Å²) in [6, 6.07) is 33.9. The van der Waals surface area contributed by atoms with E-state index in [1.165, 1.54) is 50.1 Å². The molecule has 0 N–H and O–H groups in total.